The average molecular weight is 474 g/mol. The van der Waals surface area contributed by atoms with Gasteiger partial charge in [-0.15, -0.1) is 0 Å². The molecule has 0 aliphatic carbocycles. The number of nitrogens with one attached hydrogen (secondary N) is 1. The van der Waals surface area contributed by atoms with E-state index in [0.29, 0.717) is 37.2 Å². The number of piperidine rings is 1. The van der Waals surface area contributed by atoms with E-state index in [1.165, 1.54) is 0 Å². The molecule has 35 heavy (non-hydrogen) atoms. The Morgan fingerprint density at radius 1 is 0.971 bits per heavy atom. The molecule has 0 saturated carbocycles. The Labute approximate surface area is 207 Å². The first kappa shape index (κ1) is 23.3. The summed E-state index contributed by atoms with van der Waals surface area (Å²) in [5.74, 6) is 0.387. The van der Waals surface area contributed by atoms with E-state index in [-0.39, 0.29) is 17.1 Å². The van der Waals surface area contributed by atoms with Crippen LogP contribution in [0.1, 0.15) is 30.4 Å². The van der Waals surface area contributed by atoms with Gasteiger partial charge in [0.2, 0.25) is 5.91 Å². The molecule has 7 nitrogen and oxygen atoms in total. The maximum atomic E-state index is 14.0. The van der Waals surface area contributed by atoms with E-state index in [4.69, 9.17) is 11.5 Å². The number of carbonyl (C=O) groups excluding carboxylic acids is 1. The van der Waals surface area contributed by atoms with E-state index >= 15 is 0 Å². The highest BCUT2D eigenvalue weighted by Crippen LogP contribution is 2.43. The molecular weight excluding hydrogens is 438 g/mol. The number of benzene rings is 2. The van der Waals surface area contributed by atoms with Crippen LogP contribution < -0.4 is 16.8 Å². The summed E-state index contributed by atoms with van der Waals surface area (Å²) < 4.78 is 0. The molecule has 1 amide bonds. The number of likely N-dealkylation sites (tertiary alicyclic amines) is 2. The molecule has 0 bridgehead atoms. The molecule has 3 aliphatic rings. The summed E-state index contributed by atoms with van der Waals surface area (Å²) in [4.78, 5) is 18.2. The normalized spacial score (nSPS) is 21.7. The summed E-state index contributed by atoms with van der Waals surface area (Å²) in [6.45, 7) is 5.14. The zero-order valence-electron chi connectivity index (χ0n) is 20.1. The number of phenolic OH excluding ortho intramolecular Hbond substituents is 1. The van der Waals surface area contributed by atoms with Crippen LogP contribution in [0, 0.1) is 5.41 Å². The van der Waals surface area contributed by atoms with Gasteiger partial charge in [-0.3, -0.25) is 4.79 Å². The van der Waals surface area contributed by atoms with E-state index in [0.717, 1.165) is 43.9 Å². The topological polar surface area (TPSA) is 108 Å². The predicted octanol–water partition coefficient (Wildman–Crippen LogP) is 2.35. The number of hydrogen-bond acceptors (Lipinski definition) is 6. The van der Waals surface area contributed by atoms with Gasteiger partial charge < -0.3 is 31.7 Å². The van der Waals surface area contributed by atoms with Crippen molar-refractivity contribution in [1.82, 2.24) is 15.1 Å². The zero-order chi connectivity index (χ0) is 24.5. The lowest BCUT2D eigenvalue weighted by Crippen LogP contribution is -2.64. The van der Waals surface area contributed by atoms with Crippen molar-refractivity contribution in [2.24, 2.45) is 16.9 Å². The number of phenols is 1. The maximum Gasteiger partial charge on any atom is 0.233 e. The second-order valence-corrected chi connectivity index (χ2v) is 10.2. The van der Waals surface area contributed by atoms with Gasteiger partial charge in [0.25, 0.3) is 0 Å². The highest BCUT2D eigenvalue weighted by Gasteiger charge is 2.53. The van der Waals surface area contributed by atoms with Crippen molar-refractivity contribution in [1.29, 1.82) is 0 Å². The molecule has 6 N–H and O–H groups in total. The van der Waals surface area contributed by atoms with Gasteiger partial charge in [0.05, 0.1) is 11.1 Å². The van der Waals surface area contributed by atoms with Crippen LogP contribution in [0.15, 0.2) is 72.6 Å². The van der Waals surface area contributed by atoms with Gasteiger partial charge in [0.15, 0.2) is 0 Å². The Hall–Kier alpha value is -3.45. The molecule has 3 fully saturated rings. The van der Waals surface area contributed by atoms with Crippen molar-refractivity contribution in [3.63, 3.8) is 0 Å². The fraction of sp³-hybridized carbons (Fsp3) is 0.393. The van der Waals surface area contributed by atoms with E-state index < -0.39 is 5.41 Å². The summed E-state index contributed by atoms with van der Waals surface area (Å²) in [5.41, 5.74) is 15.0. The Morgan fingerprint density at radius 2 is 1.66 bits per heavy atom. The number of aromatic hydroxyl groups is 1. The smallest absolute Gasteiger partial charge is 0.233 e. The average Bonchev–Trinajstić information content (AvgIpc) is 3.37. The molecule has 3 heterocycles. The van der Waals surface area contributed by atoms with Crippen molar-refractivity contribution in [2.75, 3.05) is 39.3 Å². The molecule has 2 aromatic rings. The first-order chi connectivity index (χ1) is 17.0. The minimum Gasteiger partial charge on any atom is -0.507 e. The number of rotatable bonds is 5. The van der Waals surface area contributed by atoms with Gasteiger partial charge in [-0.25, -0.2) is 0 Å². The van der Waals surface area contributed by atoms with Gasteiger partial charge in [0, 0.05) is 55.6 Å². The van der Waals surface area contributed by atoms with Crippen LogP contribution in [-0.2, 0) is 10.2 Å². The summed E-state index contributed by atoms with van der Waals surface area (Å²) >= 11 is 0. The largest absolute Gasteiger partial charge is 0.507 e. The third-order valence-electron chi connectivity index (χ3n) is 8.08. The number of nitrogens with two attached hydrogens (primary N) is 2. The maximum absolute atomic E-state index is 14.0. The van der Waals surface area contributed by atoms with Crippen LogP contribution in [0.5, 0.6) is 5.75 Å². The number of allylic oxidation sites excluding steroid dienone is 1. The number of amides is 1. The fourth-order valence-electron chi connectivity index (χ4n) is 6.00. The quantitative estimate of drug-likeness (QED) is 0.497. The molecule has 1 spiro atoms. The zero-order valence-corrected chi connectivity index (χ0v) is 20.1. The summed E-state index contributed by atoms with van der Waals surface area (Å²) in [5, 5.41) is 13.6. The van der Waals surface area contributed by atoms with Crippen LogP contribution in [0.25, 0.3) is 5.70 Å². The SMILES string of the molecule is N/C=C(\C=C(/N)c1ccccc1O)N1CCC(C(=O)N2CC3(CCNC3)C2)(c2ccccc2)CC1. The van der Waals surface area contributed by atoms with Crippen molar-refractivity contribution in [3.05, 3.63) is 83.7 Å². The van der Waals surface area contributed by atoms with Crippen molar-refractivity contribution < 1.29 is 9.90 Å². The molecule has 0 atom stereocenters. The lowest BCUT2D eigenvalue weighted by atomic mass is 9.69. The Bertz CT molecular complexity index is 1120. The molecule has 3 saturated heterocycles. The third-order valence-corrected chi connectivity index (χ3v) is 8.08. The van der Waals surface area contributed by atoms with Crippen molar-refractivity contribution >= 4 is 11.6 Å². The summed E-state index contributed by atoms with van der Waals surface area (Å²) in [6, 6.07) is 17.2. The van der Waals surface area contributed by atoms with Gasteiger partial charge in [-0.05, 0) is 49.6 Å². The number of nitrogens with zero attached hydrogens (tertiary/aromatic N) is 2. The highest BCUT2D eigenvalue weighted by atomic mass is 16.3. The van der Waals surface area contributed by atoms with E-state index in [9.17, 15) is 9.90 Å². The van der Waals surface area contributed by atoms with E-state index in [1.807, 2.05) is 24.3 Å². The van der Waals surface area contributed by atoms with Crippen LogP contribution in [-0.4, -0.2) is 60.1 Å². The lowest BCUT2D eigenvalue weighted by molar-refractivity contribution is -0.150. The second-order valence-electron chi connectivity index (χ2n) is 10.2. The Morgan fingerprint density at radius 3 is 2.29 bits per heavy atom. The standard InChI is InChI=1S/C28H35N5O2/c29-17-22(16-24(30)23-8-4-5-9-25(23)34)32-14-11-28(12-15-32,21-6-2-1-3-7-21)26(35)33-19-27(20-33)10-13-31-18-27/h1-9,16-17,31,34H,10-15,18-20,29-30H2/b22-17+,24-16-. The van der Waals surface area contributed by atoms with Gasteiger partial charge in [-0.2, -0.15) is 0 Å². The number of para-hydroxylation sites is 1. The van der Waals surface area contributed by atoms with Crippen molar-refractivity contribution in [3.8, 4) is 5.75 Å². The van der Waals surface area contributed by atoms with Crippen LogP contribution >= 0.6 is 0 Å². The lowest BCUT2D eigenvalue weighted by Gasteiger charge is -2.52. The number of hydrogen-bond donors (Lipinski definition) is 4. The number of carbonyl (C=O) groups is 1. The molecule has 5 rings (SSSR count). The Kier molecular flexibility index (Phi) is 6.19. The van der Waals surface area contributed by atoms with Gasteiger partial charge in [-0.1, -0.05) is 42.5 Å². The van der Waals surface area contributed by atoms with Gasteiger partial charge >= 0.3 is 0 Å². The van der Waals surface area contributed by atoms with Crippen molar-refractivity contribution in [2.45, 2.75) is 24.7 Å². The molecular formula is C28H35N5O2. The molecule has 184 valence electrons. The van der Waals surface area contributed by atoms with Crippen LogP contribution in [0.4, 0.5) is 0 Å². The first-order valence-corrected chi connectivity index (χ1v) is 12.4. The minimum absolute atomic E-state index is 0.134. The van der Waals surface area contributed by atoms with Crippen LogP contribution in [0.3, 0.4) is 0 Å². The monoisotopic (exact) mass is 473 g/mol. The first-order valence-electron chi connectivity index (χ1n) is 12.4. The van der Waals surface area contributed by atoms with E-state index in [2.05, 4.69) is 27.2 Å². The molecule has 3 aliphatic heterocycles. The minimum atomic E-state index is -0.530. The summed E-state index contributed by atoms with van der Waals surface area (Å²) in [7, 11) is 0. The van der Waals surface area contributed by atoms with Crippen LogP contribution in [0.2, 0.25) is 0 Å². The fourth-order valence-corrected chi connectivity index (χ4v) is 6.00. The molecule has 0 radical (unpaired) electrons. The Balaban J connectivity index is 1.35. The molecule has 0 aromatic heterocycles. The molecule has 0 unspecified atom stereocenters. The second kappa shape index (κ2) is 9.30. The van der Waals surface area contributed by atoms with E-state index in [1.54, 1.807) is 30.5 Å². The highest BCUT2D eigenvalue weighted by molar-refractivity contribution is 5.89. The summed E-state index contributed by atoms with van der Waals surface area (Å²) in [6.07, 6.45) is 5.92. The predicted molar refractivity (Wildman–Crippen MR) is 138 cm³/mol. The third kappa shape index (κ3) is 4.25. The molecule has 2 aromatic carbocycles. The van der Waals surface area contributed by atoms with Gasteiger partial charge in [0.1, 0.15) is 5.75 Å². The molecule has 7 heteroatoms.